The summed E-state index contributed by atoms with van der Waals surface area (Å²) in [7, 11) is 0. The van der Waals surface area contributed by atoms with Crippen LogP contribution in [0.15, 0.2) is 0 Å². The van der Waals surface area contributed by atoms with Gasteiger partial charge in [0.2, 0.25) is 6.41 Å². The van der Waals surface area contributed by atoms with Gasteiger partial charge in [-0.2, -0.15) is 0 Å². The molecule has 3 aliphatic rings. The number of carbonyl (C=O) groups is 2. The molecule has 1 N–H and O–H groups in total. The van der Waals surface area contributed by atoms with Gasteiger partial charge in [0.05, 0.1) is 4.87 Å². The molecular formula is C19H31NO3S. The topological polar surface area (TPSA) is 57.6 Å². The van der Waals surface area contributed by atoms with E-state index >= 15 is 0 Å². The zero-order valence-electron chi connectivity index (χ0n) is 15.0. The highest BCUT2D eigenvalue weighted by Gasteiger charge is 2.64. The van der Waals surface area contributed by atoms with Crippen molar-refractivity contribution in [2.75, 3.05) is 0 Å². The van der Waals surface area contributed by atoms with E-state index in [1.165, 1.54) is 38.5 Å². The molecule has 0 bridgehead atoms. The van der Waals surface area contributed by atoms with E-state index in [0.717, 1.165) is 32.1 Å². The maximum absolute atomic E-state index is 12.2. The number of hydrogen-bond donors (Lipinski definition) is 1. The second-order valence-electron chi connectivity index (χ2n) is 8.38. The molecule has 2 aliphatic carbocycles. The number of carbonyl (C=O) groups excluding carboxylic acids is 1. The molecular weight excluding hydrogens is 322 g/mol. The van der Waals surface area contributed by atoms with Crippen molar-refractivity contribution >= 4 is 24.1 Å². The Bertz CT molecular complexity index is 463. The van der Waals surface area contributed by atoms with Gasteiger partial charge in [-0.05, 0) is 51.4 Å². The molecule has 1 unspecified atom stereocenters. The standard InChI is InChI=1S/C19H31NO3S/c1-18(2)16(17(22)23)20(13-21)19(24-18,14-9-5-3-6-10-14)15-11-7-4-8-12-15/h13-16H,3-12H2,1-2H3,(H,22,23). The summed E-state index contributed by atoms with van der Waals surface area (Å²) in [4.78, 5) is 25.6. The van der Waals surface area contributed by atoms with Gasteiger partial charge in [0.1, 0.15) is 6.04 Å². The third-order valence-corrected chi connectivity index (χ3v) is 8.45. The predicted octanol–water partition coefficient (Wildman–Crippen LogP) is 4.28. The molecule has 4 nitrogen and oxygen atoms in total. The predicted molar refractivity (Wildman–Crippen MR) is 96.9 cm³/mol. The van der Waals surface area contributed by atoms with E-state index in [1.807, 2.05) is 25.6 Å². The molecule has 3 fully saturated rings. The Morgan fingerprint density at radius 3 is 1.83 bits per heavy atom. The fourth-order valence-corrected chi connectivity index (χ4v) is 7.81. The van der Waals surface area contributed by atoms with Crippen LogP contribution in [0.4, 0.5) is 0 Å². The number of thioether (sulfide) groups is 1. The molecule has 0 aromatic rings. The van der Waals surface area contributed by atoms with Gasteiger partial charge in [-0.3, -0.25) is 4.79 Å². The second kappa shape index (κ2) is 6.89. The monoisotopic (exact) mass is 353 g/mol. The van der Waals surface area contributed by atoms with Crippen LogP contribution >= 0.6 is 11.8 Å². The minimum Gasteiger partial charge on any atom is -0.480 e. The molecule has 1 amide bonds. The Kier molecular flexibility index (Phi) is 5.19. The van der Waals surface area contributed by atoms with Gasteiger partial charge < -0.3 is 10.0 Å². The van der Waals surface area contributed by atoms with E-state index in [1.54, 1.807) is 4.90 Å². The fourth-order valence-electron chi connectivity index (χ4n) is 5.58. The third-order valence-electron chi connectivity index (χ3n) is 6.49. The molecule has 1 saturated heterocycles. The van der Waals surface area contributed by atoms with Gasteiger partial charge in [0.15, 0.2) is 0 Å². The number of nitrogens with zero attached hydrogens (tertiary/aromatic N) is 1. The summed E-state index contributed by atoms with van der Waals surface area (Å²) in [6.07, 6.45) is 12.8. The summed E-state index contributed by atoms with van der Waals surface area (Å²) in [5, 5.41) is 9.87. The first-order valence-corrected chi connectivity index (χ1v) is 10.4. The van der Waals surface area contributed by atoms with Crippen molar-refractivity contribution in [2.45, 2.75) is 93.7 Å². The number of aliphatic carboxylic acids is 1. The summed E-state index contributed by atoms with van der Waals surface area (Å²) in [6, 6.07) is -0.719. The molecule has 1 heterocycles. The molecule has 0 radical (unpaired) electrons. The number of hydrogen-bond acceptors (Lipinski definition) is 3. The Morgan fingerprint density at radius 2 is 1.46 bits per heavy atom. The van der Waals surface area contributed by atoms with Crippen LogP contribution in [0.1, 0.15) is 78.1 Å². The van der Waals surface area contributed by atoms with Crippen LogP contribution in [-0.4, -0.2) is 38.0 Å². The average molecular weight is 354 g/mol. The smallest absolute Gasteiger partial charge is 0.327 e. The molecule has 1 atom stereocenters. The fraction of sp³-hybridized carbons (Fsp3) is 0.895. The van der Waals surface area contributed by atoms with E-state index in [4.69, 9.17) is 0 Å². The minimum atomic E-state index is -0.854. The van der Waals surface area contributed by atoms with Gasteiger partial charge in [-0.25, -0.2) is 4.79 Å². The van der Waals surface area contributed by atoms with E-state index in [-0.39, 0.29) is 4.87 Å². The van der Waals surface area contributed by atoms with Crippen LogP contribution in [0.2, 0.25) is 0 Å². The zero-order valence-corrected chi connectivity index (χ0v) is 15.8. The van der Waals surface area contributed by atoms with Crippen LogP contribution in [-0.2, 0) is 9.59 Å². The minimum absolute atomic E-state index is 0.310. The highest BCUT2D eigenvalue weighted by molar-refractivity contribution is 8.02. The first-order chi connectivity index (χ1) is 11.4. The van der Waals surface area contributed by atoms with Crippen LogP contribution in [0.25, 0.3) is 0 Å². The molecule has 136 valence electrons. The van der Waals surface area contributed by atoms with Gasteiger partial charge in [0, 0.05) is 4.75 Å². The van der Waals surface area contributed by atoms with Gasteiger partial charge in [0.25, 0.3) is 0 Å². The number of amides is 1. The largest absolute Gasteiger partial charge is 0.480 e. The average Bonchev–Trinajstić information content (AvgIpc) is 2.84. The SMILES string of the molecule is CC1(C)SC(C2CCCCC2)(C2CCCCC2)N(C=O)C1C(=O)O. The molecule has 24 heavy (non-hydrogen) atoms. The quantitative estimate of drug-likeness (QED) is 0.766. The molecule has 0 aromatic carbocycles. The third kappa shape index (κ3) is 2.87. The maximum atomic E-state index is 12.2. The summed E-state index contributed by atoms with van der Waals surface area (Å²) in [5.41, 5.74) is 0. The number of carboxylic acids is 1. The molecule has 2 saturated carbocycles. The summed E-state index contributed by atoms with van der Waals surface area (Å²) in [5.74, 6) is 0.0226. The Balaban J connectivity index is 2.05. The van der Waals surface area contributed by atoms with E-state index in [9.17, 15) is 14.7 Å². The lowest BCUT2D eigenvalue weighted by Crippen LogP contribution is -2.58. The van der Waals surface area contributed by atoms with Crippen molar-refractivity contribution in [1.82, 2.24) is 4.90 Å². The van der Waals surface area contributed by atoms with Gasteiger partial charge in [-0.15, -0.1) is 11.8 Å². The van der Waals surface area contributed by atoms with Crippen LogP contribution in [0.3, 0.4) is 0 Å². The van der Waals surface area contributed by atoms with E-state index < -0.39 is 16.8 Å². The zero-order chi connectivity index (χ0) is 17.4. The van der Waals surface area contributed by atoms with Crippen molar-refractivity contribution in [3.63, 3.8) is 0 Å². The number of rotatable bonds is 4. The van der Waals surface area contributed by atoms with Crippen LogP contribution < -0.4 is 0 Å². The van der Waals surface area contributed by atoms with Crippen molar-refractivity contribution in [3.8, 4) is 0 Å². The summed E-state index contributed by atoms with van der Waals surface area (Å²) < 4.78 is -0.443. The van der Waals surface area contributed by atoms with E-state index in [2.05, 4.69) is 0 Å². The Hall–Kier alpha value is -0.710. The summed E-state index contributed by atoms with van der Waals surface area (Å²) >= 11 is 1.81. The lowest BCUT2D eigenvalue weighted by atomic mass is 9.72. The van der Waals surface area contributed by atoms with Crippen molar-refractivity contribution in [1.29, 1.82) is 0 Å². The molecule has 5 heteroatoms. The maximum Gasteiger partial charge on any atom is 0.327 e. The molecule has 1 aliphatic heterocycles. The van der Waals surface area contributed by atoms with Crippen molar-refractivity contribution < 1.29 is 14.7 Å². The van der Waals surface area contributed by atoms with Gasteiger partial charge in [-0.1, -0.05) is 38.5 Å². The molecule has 3 rings (SSSR count). The molecule has 0 aromatic heterocycles. The Morgan fingerprint density at radius 1 is 1.00 bits per heavy atom. The number of carboxylic acid groups (broad SMARTS) is 1. The summed E-state index contributed by atoms with van der Waals surface area (Å²) in [6.45, 7) is 4.03. The lowest BCUT2D eigenvalue weighted by molar-refractivity contribution is -0.151. The van der Waals surface area contributed by atoms with E-state index in [0.29, 0.717) is 11.8 Å². The van der Waals surface area contributed by atoms with Crippen molar-refractivity contribution in [3.05, 3.63) is 0 Å². The highest BCUT2D eigenvalue weighted by atomic mass is 32.2. The highest BCUT2D eigenvalue weighted by Crippen LogP contribution is 2.62. The first kappa shape index (κ1) is 18.1. The van der Waals surface area contributed by atoms with Crippen molar-refractivity contribution in [2.24, 2.45) is 11.8 Å². The Labute approximate surface area is 149 Å². The first-order valence-electron chi connectivity index (χ1n) is 9.60. The second-order valence-corrected chi connectivity index (χ2v) is 10.3. The normalized spacial score (nSPS) is 31.1. The van der Waals surface area contributed by atoms with Crippen LogP contribution in [0.5, 0.6) is 0 Å². The molecule has 0 spiro atoms. The lowest BCUT2D eigenvalue weighted by Gasteiger charge is -2.50. The van der Waals surface area contributed by atoms with Gasteiger partial charge >= 0.3 is 5.97 Å². The van der Waals surface area contributed by atoms with Crippen LogP contribution in [0, 0.1) is 11.8 Å².